The number of anilines is 1. The van der Waals surface area contributed by atoms with Crippen molar-refractivity contribution in [2.24, 2.45) is 48.8 Å². The molecule has 8 amide bonds. The quantitative estimate of drug-likeness (QED) is 0.0356. The molecule has 138 heavy (non-hydrogen) atoms. The number of halogens is 5. The third-order valence-corrected chi connectivity index (χ3v) is 28.5. The van der Waals surface area contributed by atoms with Crippen LogP contribution in [0.2, 0.25) is 0 Å². The summed E-state index contributed by atoms with van der Waals surface area (Å²) in [5.41, 5.74) is 7.40. The lowest BCUT2D eigenvalue weighted by Crippen LogP contribution is -2.49. The molecule has 4 saturated carbocycles. The second kappa shape index (κ2) is 42.0. The Morgan fingerprint density at radius 2 is 0.623 bits per heavy atom. The third kappa shape index (κ3) is 28.0. The molecule has 4 aromatic carbocycles. The minimum Gasteiger partial charge on any atom is -0.443 e. The number of amides is 8. The zero-order valence-electron chi connectivity index (χ0n) is 84.5. The standard InChI is InChI=1S/C29H42BFN2O6S.C23H30BrFN2O4S.C23H30FN5O4S.C23H32FN3O4S/c1-25(2,3)36-23(34)33(24(35)37-26(4,5)6)22-32-29(13-11-12-18(29)17-40-22)19-14-20(16-21(31)15-19)30-38-27(7,8)28(9,10)39-30;1-21(2,3)30-19(28)27(20(29)31-22(4,5)6)18-26-23(9-7-8-14(23)13-32-18)15-10-16(24)12-17(25)11-15;1-21(2,3)32-19(30)29(20(31)33-22(4,5)6)18-26-23(9-7-8-14(23)13-34-18)15-10-16(24)12-17(11-15)27-28-25;1-21(2,3)30-19(28)27(20(29)31-22(4,5)6)18-26-23(9-7-8-14(23)13-32-18)15-10-16(24)12-17(25)11-15/h14-16,18H,11-13,17H2,1-10H3;10-12,14H,7-9,13H2,1-6H3;10-12,14H,7-9,13H2,1-6H3;10-12,14H,7-9,13,25H2,1-6H3/t18-,29-;3*14-,23-/m0000/s1. The first-order valence-electron chi connectivity index (χ1n) is 46.4. The fourth-order valence-corrected chi connectivity index (χ4v) is 23.1. The van der Waals surface area contributed by atoms with Crippen molar-refractivity contribution in [3.05, 3.63) is 133 Å². The smallest absolute Gasteiger partial charge is 0.443 e. The van der Waals surface area contributed by atoms with Crippen molar-refractivity contribution in [1.82, 2.24) is 19.6 Å². The number of aliphatic imine (C=N–C) groups is 4. The van der Waals surface area contributed by atoms with Gasteiger partial charge in [-0.05, 0) is 369 Å². The van der Waals surface area contributed by atoms with Gasteiger partial charge in [-0.2, -0.15) is 19.6 Å². The van der Waals surface area contributed by atoms with Crippen LogP contribution in [0.5, 0.6) is 0 Å². The van der Waals surface area contributed by atoms with Gasteiger partial charge in [0.2, 0.25) is 0 Å². The van der Waals surface area contributed by atoms with Crippen LogP contribution in [-0.4, -0.2) is 175 Å². The van der Waals surface area contributed by atoms with Gasteiger partial charge >= 0.3 is 55.9 Å². The predicted octanol–water partition coefficient (Wildman–Crippen LogP) is 26.0. The number of carbonyl (C=O) groups excluding carboxylic acids is 8. The number of hydrogen-bond donors (Lipinski definition) is 1. The number of amidine groups is 4. The Morgan fingerprint density at radius 1 is 0.384 bits per heavy atom. The van der Waals surface area contributed by atoms with Crippen LogP contribution in [0.4, 0.5) is 67.3 Å². The number of rotatable bonds is 6. The van der Waals surface area contributed by atoms with Crippen molar-refractivity contribution >= 4 is 156 Å². The summed E-state index contributed by atoms with van der Waals surface area (Å²) in [5, 5.41) is 4.28. The maximum atomic E-state index is 15.2. The van der Waals surface area contributed by atoms with Crippen molar-refractivity contribution < 1.29 is 103 Å². The Labute approximate surface area is 833 Å². The Hall–Kier alpha value is -8.79. The summed E-state index contributed by atoms with van der Waals surface area (Å²) in [6.45, 7) is 49.1. The molecule has 0 spiro atoms. The van der Waals surface area contributed by atoms with Gasteiger partial charge in [-0.25, -0.2) is 75.9 Å². The molecule has 5 heterocycles. The summed E-state index contributed by atoms with van der Waals surface area (Å²) in [5.74, 6) is 1.12. The van der Waals surface area contributed by atoms with Crippen molar-refractivity contribution in [1.29, 1.82) is 0 Å². The number of nitrogens with two attached hydrogens (primary N) is 1. The molecule has 13 rings (SSSR count). The normalized spacial score (nSPS) is 23.7. The summed E-state index contributed by atoms with van der Waals surface area (Å²) in [6.07, 6.45) is 2.84. The van der Waals surface area contributed by atoms with Gasteiger partial charge in [-0.15, -0.1) is 0 Å². The van der Waals surface area contributed by atoms with Gasteiger partial charge in [0.05, 0.1) is 33.4 Å². The maximum absolute atomic E-state index is 15.2. The Kier molecular flexibility index (Phi) is 33.9. The molecule has 0 radical (unpaired) electrons. The number of nitrogens with zero attached hydrogens (tertiary/aromatic N) is 11. The minimum absolute atomic E-state index is 0.0566. The van der Waals surface area contributed by atoms with E-state index in [2.05, 4.69) is 26.0 Å². The van der Waals surface area contributed by atoms with E-state index < -0.39 is 151 Å². The van der Waals surface area contributed by atoms with Crippen LogP contribution >= 0.6 is 63.0 Å². The number of nitrogen functional groups attached to an aromatic ring is 1. The van der Waals surface area contributed by atoms with E-state index in [1.807, 2.05) is 39.8 Å². The molecule has 5 aliphatic heterocycles. The van der Waals surface area contributed by atoms with E-state index in [1.54, 1.807) is 178 Å². The topological polar surface area (TPSA) is 366 Å². The lowest BCUT2D eigenvalue weighted by molar-refractivity contribution is 0.00578. The number of fused-ring (bicyclic) bond motifs is 4. The van der Waals surface area contributed by atoms with Crippen LogP contribution in [-0.2, 0) is 69.4 Å². The highest BCUT2D eigenvalue weighted by Gasteiger charge is 2.57. The molecule has 5 fully saturated rings. The summed E-state index contributed by atoms with van der Waals surface area (Å²) >= 11 is 8.59. The lowest BCUT2D eigenvalue weighted by atomic mass is 9.74. The van der Waals surface area contributed by atoms with Gasteiger partial charge in [0.15, 0.2) is 20.7 Å². The SMILES string of the molecule is CC(C)(C)OC(=O)N(C(=O)OC(C)(C)C)C1=N[C@@]2(c3cc(F)cc(B4OC(C)(C)C(C)(C)O4)c3)CCC[C@H]2CS1.CC(C)(C)OC(=O)N(C(=O)OC(C)(C)C)C1=N[C@@]2(c3cc(F)cc(Br)c3)CCC[C@H]2CS1.CC(C)(C)OC(=O)N(C(=O)OC(C)(C)C)C1=N[C@@]2(c3cc(F)cc(N=[N+]=[N-])c3)CCC[C@H]2CS1.CC(C)(C)OC(=O)N(C(=O)OC(C)(C)C)C1=N[C@@]2(c3cc(N)cc(F)c3)CCC[C@H]2CS1. The van der Waals surface area contributed by atoms with E-state index in [-0.39, 0.29) is 55.8 Å². The highest BCUT2D eigenvalue weighted by Crippen LogP contribution is 2.57. The summed E-state index contributed by atoms with van der Waals surface area (Å²) in [6, 6.07) is 18.2. The average molecular weight is 2060 g/mol. The summed E-state index contributed by atoms with van der Waals surface area (Å²) < 4.78 is 115. The highest BCUT2D eigenvalue weighted by atomic mass is 79.9. The predicted molar refractivity (Wildman–Crippen MR) is 535 cm³/mol. The molecule has 0 unspecified atom stereocenters. The number of azide groups is 1. The van der Waals surface area contributed by atoms with E-state index in [4.69, 9.17) is 78.4 Å². The van der Waals surface area contributed by atoms with Crippen LogP contribution in [0.25, 0.3) is 10.4 Å². The molecule has 30 nitrogen and oxygen atoms in total. The second-order valence-corrected chi connectivity index (χ2v) is 49.6. The van der Waals surface area contributed by atoms with E-state index in [0.29, 0.717) is 81.0 Å². The van der Waals surface area contributed by atoms with Crippen molar-refractivity contribution in [3.8, 4) is 0 Å². The number of imide groups is 4. The molecule has 0 bridgehead atoms. The molecule has 4 aliphatic carbocycles. The molecule has 756 valence electrons. The van der Waals surface area contributed by atoms with Crippen LogP contribution < -0.4 is 11.2 Å². The maximum Gasteiger partial charge on any atom is 0.494 e. The first-order chi connectivity index (χ1) is 63.4. The van der Waals surface area contributed by atoms with Crippen LogP contribution in [0.15, 0.2) is 102 Å². The highest BCUT2D eigenvalue weighted by molar-refractivity contribution is 9.10. The number of thioether (sulfide) groups is 4. The van der Waals surface area contributed by atoms with Crippen molar-refractivity contribution in [2.45, 2.75) is 349 Å². The van der Waals surface area contributed by atoms with Crippen LogP contribution in [0.3, 0.4) is 0 Å². The van der Waals surface area contributed by atoms with E-state index in [1.165, 1.54) is 89.5 Å². The van der Waals surface area contributed by atoms with Gasteiger partial charge in [0, 0.05) is 43.8 Å². The zero-order valence-corrected chi connectivity index (χ0v) is 89.3. The summed E-state index contributed by atoms with van der Waals surface area (Å²) in [4.78, 5) is 131. The lowest BCUT2D eigenvalue weighted by Gasteiger charge is -2.39. The Balaban J connectivity index is 0.000000191. The summed E-state index contributed by atoms with van der Waals surface area (Å²) in [7, 11) is -0.739. The first kappa shape index (κ1) is 111. The molecular formula is C98H134BBrF4N12O18S4. The molecule has 9 aliphatic rings. The fraction of sp³-hybridized carbons (Fsp3) is 0.633. The molecule has 1 saturated heterocycles. The molecule has 40 heteroatoms. The van der Waals surface area contributed by atoms with Gasteiger partial charge in [0.1, 0.15) is 68.1 Å². The van der Waals surface area contributed by atoms with Crippen LogP contribution in [0, 0.1) is 46.9 Å². The minimum atomic E-state index is -0.895. The Bertz CT molecular complexity index is 5140. The molecule has 2 N–H and O–H groups in total. The van der Waals surface area contributed by atoms with E-state index in [9.17, 15) is 51.5 Å². The number of carbonyl (C=O) groups is 8. The Morgan fingerprint density at radius 3 is 0.877 bits per heavy atom. The van der Waals surface area contributed by atoms with Crippen LogP contribution in [0.1, 0.15) is 293 Å². The van der Waals surface area contributed by atoms with E-state index >= 15 is 4.39 Å². The number of ether oxygens (including phenoxy) is 8. The molecular weight excluding hydrogens is 1930 g/mol. The van der Waals surface area contributed by atoms with Gasteiger partial charge in [-0.1, -0.05) is 99.8 Å². The van der Waals surface area contributed by atoms with Gasteiger partial charge < -0.3 is 52.9 Å². The largest absolute Gasteiger partial charge is 0.494 e. The molecule has 4 aromatic rings. The van der Waals surface area contributed by atoms with Gasteiger partial charge in [-0.3, -0.25) is 0 Å². The fourth-order valence-electron chi connectivity index (χ4n) is 17.4. The number of benzene rings is 4. The average Bonchev–Trinajstić information content (AvgIpc) is 1.55. The molecule has 8 atom stereocenters. The second-order valence-electron chi connectivity index (χ2n) is 44.7. The van der Waals surface area contributed by atoms with Gasteiger partial charge in [0.25, 0.3) is 0 Å². The van der Waals surface area contributed by atoms with E-state index in [0.717, 1.165) is 82.6 Å². The molecule has 0 aromatic heterocycles. The monoisotopic (exact) mass is 2060 g/mol. The van der Waals surface area contributed by atoms with Crippen molar-refractivity contribution in [2.75, 3.05) is 28.7 Å². The number of hydrogen-bond acceptors (Lipinski definition) is 28. The third-order valence-electron chi connectivity index (χ3n) is 23.6. The zero-order chi connectivity index (χ0) is 103. The first-order valence-corrected chi connectivity index (χ1v) is 51.1. The van der Waals surface area contributed by atoms with Crippen molar-refractivity contribution in [3.63, 3.8) is 0 Å².